The van der Waals surface area contributed by atoms with Crippen LogP contribution >= 0.6 is 12.4 Å². The van der Waals surface area contributed by atoms with Gasteiger partial charge in [-0.25, -0.2) is 0 Å². The maximum absolute atomic E-state index is 13.1. The van der Waals surface area contributed by atoms with Gasteiger partial charge in [-0.3, -0.25) is 4.79 Å². The first-order chi connectivity index (χ1) is 9.85. The second kappa shape index (κ2) is 5.86. The minimum Gasteiger partial charge on any atom is -0.341 e. The molecule has 2 aliphatic rings. The Bertz CT molecular complexity index is 566. The SMILES string of the molecule is Cc1cccc(C2(C(=O)N3CCC(N)C(C)(C)C3)CC2)c1.Cl. The van der Waals surface area contributed by atoms with Gasteiger partial charge in [-0.05, 0) is 37.2 Å². The van der Waals surface area contributed by atoms with Crippen LogP contribution in [0.3, 0.4) is 0 Å². The van der Waals surface area contributed by atoms with E-state index in [0.29, 0.717) is 5.91 Å². The molecule has 1 saturated heterocycles. The van der Waals surface area contributed by atoms with Crippen molar-refractivity contribution in [3.63, 3.8) is 0 Å². The number of nitrogens with two attached hydrogens (primary N) is 1. The molecule has 0 bridgehead atoms. The predicted molar refractivity (Wildman–Crippen MR) is 92.3 cm³/mol. The number of hydrogen-bond acceptors (Lipinski definition) is 2. The zero-order chi connectivity index (χ0) is 15.3. The topological polar surface area (TPSA) is 46.3 Å². The summed E-state index contributed by atoms with van der Waals surface area (Å²) in [5, 5.41) is 0. The van der Waals surface area contributed by atoms with Crippen LogP contribution in [0.15, 0.2) is 24.3 Å². The first-order valence-electron chi connectivity index (χ1n) is 7.97. The zero-order valence-corrected chi connectivity index (χ0v) is 14.6. The van der Waals surface area contributed by atoms with Crippen molar-refractivity contribution in [3.8, 4) is 0 Å². The van der Waals surface area contributed by atoms with Gasteiger partial charge in [-0.2, -0.15) is 0 Å². The number of rotatable bonds is 2. The Morgan fingerprint density at radius 1 is 1.32 bits per heavy atom. The summed E-state index contributed by atoms with van der Waals surface area (Å²) in [6.07, 6.45) is 2.87. The maximum Gasteiger partial charge on any atom is 0.233 e. The van der Waals surface area contributed by atoms with Crippen LogP contribution in [0.1, 0.15) is 44.2 Å². The molecule has 1 unspecified atom stereocenters. The highest BCUT2D eigenvalue weighted by molar-refractivity contribution is 5.91. The lowest BCUT2D eigenvalue weighted by Gasteiger charge is -2.43. The number of aryl methyl sites for hydroxylation is 1. The summed E-state index contributed by atoms with van der Waals surface area (Å²) in [5.41, 5.74) is 8.38. The summed E-state index contributed by atoms with van der Waals surface area (Å²) < 4.78 is 0. The highest BCUT2D eigenvalue weighted by atomic mass is 35.5. The van der Waals surface area contributed by atoms with Gasteiger partial charge < -0.3 is 10.6 Å². The lowest BCUT2D eigenvalue weighted by Crippen LogP contribution is -2.55. The van der Waals surface area contributed by atoms with Crippen molar-refractivity contribution in [2.75, 3.05) is 13.1 Å². The largest absolute Gasteiger partial charge is 0.341 e. The van der Waals surface area contributed by atoms with E-state index in [-0.39, 0.29) is 29.3 Å². The first kappa shape index (κ1) is 17.3. The molecule has 1 saturated carbocycles. The lowest BCUT2D eigenvalue weighted by atomic mass is 9.79. The first-order valence-corrected chi connectivity index (χ1v) is 7.97. The van der Waals surface area contributed by atoms with Crippen LogP contribution < -0.4 is 5.73 Å². The fourth-order valence-corrected chi connectivity index (χ4v) is 3.54. The van der Waals surface area contributed by atoms with Crippen molar-refractivity contribution in [2.45, 2.75) is 51.5 Å². The summed E-state index contributed by atoms with van der Waals surface area (Å²) in [5.74, 6) is 0.313. The van der Waals surface area contributed by atoms with Crippen LogP contribution in [-0.2, 0) is 10.2 Å². The van der Waals surface area contributed by atoms with Crippen LogP contribution in [0, 0.1) is 12.3 Å². The third-order valence-corrected chi connectivity index (χ3v) is 5.33. The number of likely N-dealkylation sites (tertiary alicyclic amines) is 1. The van der Waals surface area contributed by atoms with Gasteiger partial charge in [-0.1, -0.05) is 43.7 Å². The molecule has 1 aliphatic carbocycles. The molecule has 122 valence electrons. The normalized spacial score (nSPS) is 25.3. The molecule has 2 N–H and O–H groups in total. The summed E-state index contributed by atoms with van der Waals surface area (Å²) in [6.45, 7) is 8.01. The van der Waals surface area contributed by atoms with Crippen LogP contribution in [0.25, 0.3) is 0 Å². The Kier molecular flexibility index (Phi) is 4.61. The van der Waals surface area contributed by atoms with E-state index in [0.717, 1.165) is 32.4 Å². The van der Waals surface area contributed by atoms with Crippen molar-refractivity contribution in [2.24, 2.45) is 11.1 Å². The summed E-state index contributed by atoms with van der Waals surface area (Å²) in [4.78, 5) is 15.1. The third-order valence-electron chi connectivity index (χ3n) is 5.33. The standard InChI is InChI=1S/C18H26N2O.ClH/c1-13-5-4-6-14(11-13)18(8-9-18)16(21)20-10-7-15(19)17(2,3)12-20;/h4-6,11,15H,7-10,12,19H2,1-3H3;1H. The van der Waals surface area contributed by atoms with Crippen LogP contribution in [-0.4, -0.2) is 29.9 Å². The van der Waals surface area contributed by atoms with Crippen molar-refractivity contribution in [1.82, 2.24) is 4.90 Å². The molecule has 22 heavy (non-hydrogen) atoms. The smallest absolute Gasteiger partial charge is 0.233 e. The molecule has 0 radical (unpaired) electrons. The van der Waals surface area contributed by atoms with Crippen molar-refractivity contribution >= 4 is 18.3 Å². The molecule has 0 aromatic heterocycles. The Labute approximate surface area is 139 Å². The summed E-state index contributed by atoms with van der Waals surface area (Å²) in [6, 6.07) is 8.63. The van der Waals surface area contributed by atoms with Gasteiger partial charge in [-0.15, -0.1) is 12.4 Å². The molecule has 1 heterocycles. The Hall–Kier alpha value is -1.06. The summed E-state index contributed by atoms with van der Waals surface area (Å²) in [7, 11) is 0. The van der Waals surface area contributed by atoms with Crippen LogP contribution in [0.5, 0.6) is 0 Å². The van der Waals surface area contributed by atoms with E-state index in [1.54, 1.807) is 0 Å². The second-order valence-corrected chi connectivity index (χ2v) is 7.56. The Balaban J connectivity index is 0.00000176. The molecule has 1 aromatic rings. The number of hydrogen-bond donors (Lipinski definition) is 1. The fraction of sp³-hybridized carbons (Fsp3) is 0.611. The number of amides is 1. The quantitative estimate of drug-likeness (QED) is 0.909. The minimum atomic E-state index is -0.246. The van der Waals surface area contributed by atoms with E-state index >= 15 is 0 Å². The molecule has 1 atom stereocenters. The molecule has 0 spiro atoms. The zero-order valence-electron chi connectivity index (χ0n) is 13.8. The van der Waals surface area contributed by atoms with Crippen LogP contribution in [0.4, 0.5) is 0 Å². The number of carbonyl (C=O) groups is 1. The van der Waals surface area contributed by atoms with Gasteiger partial charge in [0.05, 0.1) is 5.41 Å². The van der Waals surface area contributed by atoms with Crippen molar-refractivity contribution < 1.29 is 4.79 Å². The fourth-order valence-electron chi connectivity index (χ4n) is 3.54. The Morgan fingerprint density at radius 3 is 2.55 bits per heavy atom. The molecule has 1 aromatic carbocycles. The van der Waals surface area contributed by atoms with Crippen molar-refractivity contribution in [1.29, 1.82) is 0 Å². The maximum atomic E-state index is 13.1. The average molecular weight is 323 g/mol. The molecule has 1 aliphatic heterocycles. The third kappa shape index (κ3) is 2.89. The predicted octanol–water partition coefficient (Wildman–Crippen LogP) is 3.03. The number of piperidine rings is 1. The van der Waals surface area contributed by atoms with E-state index in [2.05, 4.69) is 49.9 Å². The highest BCUT2D eigenvalue weighted by Crippen LogP contribution is 2.50. The lowest BCUT2D eigenvalue weighted by molar-refractivity contribution is -0.137. The van der Waals surface area contributed by atoms with Gasteiger partial charge in [0.1, 0.15) is 0 Å². The van der Waals surface area contributed by atoms with E-state index in [4.69, 9.17) is 5.73 Å². The highest BCUT2D eigenvalue weighted by Gasteiger charge is 2.54. The summed E-state index contributed by atoms with van der Waals surface area (Å²) >= 11 is 0. The molecule has 3 nitrogen and oxygen atoms in total. The average Bonchev–Trinajstić information content (AvgIpc) is 3.22. The monoisotopic (exact) mass is 322 g/mol. The Morgan fingerprint density at radius 2 is 2.00 bits per heavy atom. The molecule has 4 heteroatoms. The van der Waals surface area contributed by atoms with E-state index in [9.17, 15) is 4.79 Å². The number of carbonyl (C=O) groups excluding carboxylic acids is 1. The second-order valence-electron chi connectivity index (χ2n) is 7.56. The van der Waals surface area contributed by atoms with E-state index in [1.165, 1.54) is 11.1 Å². The number of nitrogens with zero attached hydrogens (tertiary/aromatic N) is 1. The van der Waals surface area contributed by atoms with E-state index < -0.39 is 0 Å². The number of benzene rings is 1. The van der Waals surface area contributed by atoms with Gasteiger partial charge >= 0.3 is 0 Å². The van der Waals surface area contributed by atoms with Gasteiger partial charge in [0, 0.05) is 19.1 Å². The number of halogens is 1. The minimum absolute atomic E-state index is 0. The van der Waals surface area contributed by atoms with Gasteiger partial charge in [0.2, 0.25) is 5.91 Å². The van der Waals surface area contributed by atoms with Crippen molar-refractivity contribution in [3.05, 3.63) is 35.4 Å². The van der Waals surface area contributed by atoms with E-state index in [1.807, 2.05) is 0 Å². The molecule has 2 fully saturated rings. The van der Waals surface area contributed by atoms with Gasteiger partial charge in [0.25, 0.3) is 0 Å². The molecular weight excluding hydrogens is 296 g/mol. The van der Waals surface area contributed by atoms with Crippen LogP contribution in [0.2, 0.25) is 0 Å². The molecule has 3 rings (SSSR count). The molecular formula is C18H27ClN2O. The molecule has 1 amide bonds. The van der Waals surface area contributed by atoms with Gasteiger partial charge in [0.15, 0.2) is 0 Å².